The molecule has 0 aliphatic rings. The van der Waals surface area contributed by atoms with Crippen molar-refractivity contribution in [1.29, 1.82) is 0 Å². The van der Waals surface area contributed by atoms with Gasteiger partial charge in [-0.3, -0.25) is 0 Å². The van der Waals surface area contributed by atoms with Crippen LogP contribution in [0, 0.1) is 0 Å². The van der Waals surface area contributed by atoms with E-state index in [1.54, 1.807) is 0 Å². The second-order valence-electron chi connectivity index (χ2n) is 4.43. The van der Waals surface area contributed by atoms with Gasteiger partial charge in [-0.15, -0.1) is 0 Å². The highest BCUT2D eigenvalue weighted by molar-refractivity contribution is 9.10. The number of hydrogen-bond acceptors (Lipinski definition) is 1. The molecule has 0 aliphatic heterocycles. The lowest BCUT2D eigenvalue weighted by molar-refractivity contribution is 0.555. The summed E-state index contributed by atoms with van der Waals surface area (Å²) >= 11 is 3.47. The molecule has 0 radical (unpaired) electrons. The molecule has 2 N–H and O–H groups in total. The molecule has 2 heteroatoms. The zero-order chi connectivity index (χ0) is 11.1. The van der Waals surface area contributed by atoms with E-state index >= 15 is 0 Å². The van der Waals surface area contributed by atoms with Crippen LogP contribution in [-0.2, 0) is 5.54 Å². The van der Waals surface area contributed by atoms with E-state index in [1.165, 1.54) is 10.8 Å². The normalized spacial score (nSPS) is 12.0. The minimum absolute atomic E-state index is 0.277. The maximum Gasteiger partial charge on any atom is 0.0352 e. The Balaban J connectivity index is 2.62. The minimum Gasteiger partial charge on any atom is -0.322 e. The fourth-order valence-corrected chi connectivity index (χ4v) is 2.00. The van der Waals surface area contributed by atoms with E-state index < -0.39 is 0 Å². The van der Waals surface area contributed by atoms with E-state index in [9.17, 15) is 0 Å². The predicted octanol–water partition coefficient (Wildman–Crippen LogP) is 3.80. The van der Waals surface area contributed by atoms with E-state index in [0.29, 0.717) is 0 Å². The topological polar surface area (TPSA) is 26.0 Å². The summed E-state index contributed by atoms with van der Waals surface area (Å²) in [5.74, 6) is 0. The van der Waals surface area contributed by atoms with Crippen LogP contribution < -0.4 is 5.73 Å². The third kappa shape index (κ3) is 2.21. The highest BCUT2D eigenvalue weighted by Gasteiger charge is 2.13. The first-order valence-corrected chi connectivity index (χ1v) is 5.75. The molecule has 0 aromatic heterocycles. The van der Waals surface area contributed by atoms with E-state index in [1.807, 2.05) is 13.8 Å². The van der Waals surface area contributed by atoms with Gasteiger partial charge in [0.05, 0.1) is 0 Å². The molecule has 0 spiro atoms. The maximum atomic E-state index is 6.07. The Morgan fingerprint density at radius 1 is 1.00 bits per heavy atom. The van der Waals surface area contributed by atoms with Crippen molar-refractivity contribution in [3.8, 4) is 0 Å². The van der Waals surface area contributed by atoms with Gasteiger partial charge < -0.3 is 5.73 Å². The second-order valence-corrected chi connectivity index (χ2v) is 5.34. The van der Waals surface area contributed by atoms with Crippen molar-refractivity contribution < 1.29 is 0 Å². The highest BCUT2D eigenvalue weighted by Crippen LogP contribution is 2.24. The molecule has 0 unspecified atom stereocenters. The van der Waals surface area contributed by atoms with E-state index in [4.69, 9.17) is 5.73 Å². The number of hydrogen-bond donors (Lipinski definition) is 1. The monoisotopic (exact) mass is 263 g/mol. The number of rotatable bonds is 1. The molecule has 2 rings (SSSR count). The average molecular weight is 264 g/mol. The third-order valence-corrected chi connectivity index (χ3v) is 3.04. The van der Waals surface area contributed by atoms with Crippen molar-refractivity contribution in [3.05, 3.63) is 46.4 Å². The predicted molar refractivity (Wildman–Crippen MR) is 68.9 cm³/mol. The zero-order valence-corrected chi connectivity index (χ0v) is 10.5. The zero-order valence-electron chi connectivity index (χ0n) is 8.92. The van der Waals surface area contributed by atoms with Gasteiger partial charge in [0.25, 0.3) is 0 Å². The molecule has 2 aromatic rings. The van der Waals surface area contributed by atoms with Gasteiger partial charge in [-0.25, -0.2) is 0 Å². The molecule has 15 heavy (non-hydrogen) atoms. The fourth-order valence-electron chi connectivity index (χ4n) is 1.62. The molecule has 0 fully saturated rings. The van der Waals surface area contributed by atoms with E-state index in [0.717, 1.165) is 10.0 Å². The molecule has 2 aromatic carbocycles. The summed E-state index contributed by atoms with van der Waals surface area (Å²) in [4.78, 5) is 0. The van der Waals surface area contributed by atoms with Crippen molar-refractivity contribution in [2.75, 3.05) is 0 Å². The standard InChI is InChI=1S/C13H14BrN/c1-13(2,15)11-5-3-10-8-12(14)6-4-9(10)7-11/h3-8H,15H2,1-2H3. The molecule has 0 heterocycles. The van der Waals surface area contributed by atoms with Gasteiger partial charge in [-0.1, -0.05) is 34.1 Å². The molecular weight excluding hydrogens is 250 g/mol. The quantitative estimate of drug-likeness (QED) is 0.833. The van der Waals surface area contributed by atoms with Gasteiger partial charge in [0, 0.05) is 10.0 Å². The second kappa shape index (κ2) is 3.62. The van der Waals surface area contributed by atoms with Gasteiger partial charge in [0.1, 0.15) is 0 Å². The van der Waals surface area contributed by atoms with Crippen molar-refractivity contribution >= 4 is 26.7 Å². The fraction of sp³-hybridized carbons (Fsp3) is 0.231. The summed E-state index contributed by atoms with van der Waals surface area (Å²) < 4.78 is 1.11. The summed E-state index contributed by atoms with van der Waals surface area (Å²) in [5.41, 5.74) is 6.96. The number of benzene rings is 2. The van der Waals surface area contributed by atoms with Gasteiger partial charge in [-0.2, -0.15) is 0 Å². The van der Waals surface area contributed by atoms with Crippen LogP contribution in [0.15, 0.2) is 40.9 Å². The van der Waals surface area contributed by atoms with Crippen LogP contribution in [0.3, 0.4) is 0 Å². The molecule has 1 nitrogen and oxygen atoms in total. The van der Waals surface area contributed by atoms with Crippen LogP contribution in [0.4, 0.5) is 0 Å². The molecule has 0 saturated carbocycles. The number of nitrogens with two attached hydrogens (primary N) is 1. The van der Waals surface area contributed by atoms with Crippen molar-refractivity contribution in [3.63, 3.8) is 0 Å². The van der Waals surface area contributed by atoms with Gasteiger partial charge in [-0.05, 0) is 48.4 Å². The molecule has 0 amide bonds. The Morgan fingerprint density at radius 2 is 1.60 bits per heavy atom. The Bertz CT molecular complexity index is 497. The first-order valence-electron chi connectivity index (χ1n) is 4.95. The van der Waals surface area contributed by atoms with Crippen LogP contribution in [0.5, 0.6) is 0 Å². The first-order chi connectivity index (χ1) is 6.97. The molecule has 0 atom stereocenters. The van der Waals surface area contributed by atoms with Gasteiger partial charge in [0.2, 0.25) is 0 Å². The smallest absolute Gasteiger partial charge is 0.0352 e. The SMILES string of the molecule is CC(C)(N)c1ccc2cc(Br)ccc2c1. The lowest BCUT2D eigenvalue weighted by Crippen LogP contribution is -2.28. The van der Waals surface area contributed by atoms with E-state index in [2.05, 4.69) is 52.3 Å². The van der Waals surface area contributed by atoms with Crippen LogP contribution in [0.2, 0.25) is 0 Å². The Morgan fingerprint density at radius 3 is 2.27 bits per heavy atom. The Hall–Kier alpha value is -0.860. The van der Waals surface area contributed by atoms with Crippen molar-refractivity contribution in [2.24, 2.45) is 5.73 Å². The highest BCUT2D eigenvalue weighted by atomic mass is 79.9. The number of halogens is 1. The first kappa shape index (κ1) is 10.7. The molecule has 0 saturated heterocycles. The van der Waals surface area contributed by atoms with Crippen LogP contribution in [0.25, 0.3) is 10.8 Å². The van der Waals surface area contributed by atoms with Crippen LogP contribution in [0.1, 0.15) is 19.4 Å². The van der Waals surface area contributed by atoms with Crippen molar-refractivity contribution in [2.45, 2.75) is 19.4 Å². The van der Waals surface area contributed by atoms with E-state index in [-0.39, 0.29) is 5.54 Å². The van der Waals surface area contributed by atoms with Crippen molar-refractivity contribution in [1.82, 2.24) is 0 Å². The van der Waals surface area contributed by atoms with Gasteiger partial charge >= 0.3 is 0 Å². The number of fused-ring (bicyclic) bond motifs is 1. The lowest BCUT2D eigenvalue weighted by atomic mass is 9.93. The molecule has 0 bridgehead atoms. The summed E-state index contributed by atoms with van der Waals surface area (Å²) in [6.45, 7) is 4.04. The summed E-state index contributed by atoms with van der Waals surface area (Å²) in [6.07, 6.45) is 0. The summed E-state index contributed by atoms with van der Waals surface area (Å²) in [7, 11) is 0. The third-order valence-electron chi connectivity index (χ3n) is 2.55. The average Bonchev–Trinajstić information content (AvgIpc) is 2.15. The summed E-state index contributed by atoms with van der Waals surface area (Å²) in [6, 6.07) is 12.6. The molecule has 0 aliphatic carbocycles. The Labute approximate surface area is 98.4 Å². The largest absolute Gasteiger partial charge is 0.322 e. The minimum atomic E-state index is -0.277. The van der Waals surface area contributed by atoms with Gasteiger partial charge in [0.15, 0.2) is 0 Å². The summed E-state index contributed by atoms with van der Waals surface area (Å²) in [5, 5.41) is 2.46. The van der Waals surface area contributed by atoms with Crippen LogP contribution >= 0.6 is 15.9 Å². The maximum absolute atomic E-state index is 6.07. The molecule has 78 valence electrons. The lowest BCUT2D eigenvalue weighted by Gasteiger charge is -2.19. The van der Waals surface area contributed by atoms with Crippen LogP contribution in [-0.4, -0.2) is 0 Å². The molecular formula is C13H14BrN. The Kier molecular flexibility index (Phi) is 2.57.